The SMILES string of the molecule is CCOC(=O)C(C)C(C)(C)B1OC(C)(C)C(C)(C)O1. The van der Waals surface area contributed by atoms with Gasteiger partial charge in [0.2, 0.25) is 0 Å². The van der Waals surface area contributed by atoms with E-state index in [0.717, 1.165) is 0 Å². The van der Waals surface area contributed by atoms with Gasteiger partial charge in [-0.05, 0) is 34.6 Å². The normalized spacial score (nSPS) is 23.3. The highest BCUT2D eigenvalue weighted by Crippen LogP contribution is 2.48. The van der Waals surface area contributed by atoms with E-state index in [2.05, 4.69) is 0 Å². The lowest BCUT2D eigenvalue weighted by Gasteiger charge is -2.32. The Bertz CT molecular complexity index is 333. The van der Waals surface area contributed by atoms with Crippen molar-refractivity contribution in [2.75, 3.05) is 6.61 Å². The van der Waals surface area contributed by atoms with Gasteiger partial charge < -0.3 is 14.0 Å². The second-order valence-corrected chi connectivity index (χ2v) is 6.88. The molecule has 1 rings (SSSR count). The van der Waals surface area contributed by atoms with Crippen LogP contribution in [-0.4, -0.2) is 30.9 Å². The standard InChI is InChI=1S/C14H27BO4/c1-9-17-11(16)10(2)12(3,4)15-18-13(5,6)14(7,8)19-15/h10H,9H2,1-8H3. The molecule has 0 aromatic rings. The summed E-state index contributed by atoms with van der Waals surface area (Å²) < 4.78 is 17.2. The van der Waals surface area contributed by atoms with Crippen LogP contribution < -0.4 is 0 Å². The molecule has 5 heteroatoms. The molecule has 4 nitrogen and oxygen atoms in total. The Morgan fingerprint density at radius 3 is 2.00 bits per heavy atom. The number of hydrogen-bond acceptors (Lipinski definition) is 4. The van der Waals surface area contributed by atoms with E-state index in [-0.39, 0.29) is 23.1 Å². The summed E-state index contributed by atoms with van der Waals surface area (Å²) >= 11 is 0. The molecule has 1 aliphatic rings. The molecule has 0 amide bonds. The van der Waals surface area contributed by atoms with Crippen LogP contribution >= 0.6 is 0 Å². The monoisotopic (exact) mass is 270 g/mol. The van der Waals surface area contributed by atoms with E-state index < -0.39 is 12.4 Å². The Balaban J connectivity index is 2.88. The third-order valence-electron chi connectivity index (χ3n) is 4.62. The van der Waals surface area contributed by atoms with Crippen molar-refractivity contribution in [3.63, 3.8) is 0 Å². The van der Waals surface area contributed by atoms with Crippen molar-refractivity contribution in [1.82, 2.24) is 0 Å². The number of hydrogen-bond donors (Lipinski definition) is 0. The first-order valence-corrected chi connectivity index (χ1v) is 6.98. The molecule has 1 saturated heterocycles. The van der Waals surface area contributed by atoms with E-state index in [0.29, 0.717) is 6.61 Å². The Hall–Kier alpha value is -0.545. The van der Waals surface area contributed by atoms with Gasteiger partial charge in [-0.25, -0.2) is 0 Å². The van der Waals surface area contributed by atoms with Gasteiger partial charge in [0.25, 0.3) is 0 Å². The highest BCUT2D eigenvalue weighted by Gasteiger charge is 2.58. The zero-order valence-corrected chi connectivity index (χ0v) is 13.5. The average Bonchev–Trinajstić information content (AvgIpc) is 2.48. The predicted molar refractivity (Wildman–Crippen MR) is 75.9 cm³/mol. The third-order valence-corrected chi connectivity index (χ3v) is 4.62. The summed E-state index contributed by atoms with van der Waals surface area (Å²) in [6.07, 6.45) is 0. The Morgan fingerprint density at radius 2 is 1.63 bits per heavy atom. The van der Waals surface area contributed by atoms with Crippen molar-refractivity contribution in [1.29, 1.82) is 0 Å². The third kappa shape index (κ3) is 2.97. The summed E-state index contributed by atoms with van der Waals surface area (Å²) in [5.41, 5.74) is -0.771. The van der Waals surface area contributed by atoms with Crippen molar-refractivity contribution >= 4 is 13.1 Å². The lowest BCUT2D eigenvalue weighted by molar-refractivity contribution is -0.148. The minimum absolute atomic E-state index is 0.206. The number of rotatable bonds is 4. The fraction of sp³-hybridized carbons (Fsp3) is 0.929. The lowest BCUT2D eigenvalue weighted by Crippen LogP contribution is -2.41. The van der Waals surface area contributed by atoms with Gasteiger partial charge in [0, 0.05) is 5.31 Å². The van der Waals surface area contributed by atoms with Crippen LogP contribution in [0.3, 0.4) is 0 Å². The van der Waals surface area contributed by atoms with Gasteiger partial charge in [-0.1, -0.05) is 20.8 Å². The fourth-order valence-electron chi connectivity index (χ4n) is 1.92. The summed E-state index contributed by atoms with van der Waals surface area (Å²) in [5, 5.41) is -0.447. The summed E-state index contributed by atoms with van der Waals surface area (Å²) in [7, 11) is -0.420. The number of carbonyl (C=O) groups is 1. The molecule has 0 aromatic carbocycles. The summed E-state index contributed by atoms with van der Waals surface area (Å²) in [4.78, 5) is 11.9. The largest absolute Gasteiger partial charge is 0.466 e. The Morgan fingerprint density at radius 1 is 1.21 bits per heavy atom. The van der Waals surface area contributed by atoms with Crippen LogP contribution in [0.2, 0.25) is 5.31 Å². The van der Waals surface area contributed by atoms with Crippen LogP contribution in [0.1, 0.15) is 55.4 Å². The van der Waals surface area contributed by atoms with Gasteiger partial charge in [-0.3, -0.25) is 4.79 Å². The maximum atomic E-state index is 11.9. The highest BCUT2D eigenvalue weighted by molar-refractivity contribution is 6.50. The van der Waals surface area contributed by atoms with Crippen LogP contribution in [0, 0.1) is 5.92 Å². The van der Waals surface area contributed by atoms with Crippen LogP contribution in [0.5, 0.6) is 0 Å². The molecule has 1 atom stereocenters. The van der Waals surface area contributed by atoms with E-state index in [1.54, 1.807) is 0 Å². The van der Waals surface area contributed by atoms with Gasteiger partial charge in [0.15, 0.2) is 0 Å². The molecule has 0 saturated carbocycles. The van der Waals surface area contributed by atoms with Gasteiger partial charge in [-0.2, -0.15) is 0 Å². The maximum absolute atomic E-state index is 11.9. The summed E-state index contributed by atoms with van der Waals surface area (Å²) in [5.74, 6) is -0.496. The van der Waals surface area contributed by atoms with Gasteiger partial charge in [-0.15, -0.1) is 0 Å². The summed E-state index contributed by atoms with van der Waals surface area (Å²) in [6.45, 7) is 16.1. The molecule has 0 aromatic heterocycles. The molecule has 110 valence electrons. The molecule has 0 spiro atoms. The second kappa shape index (κ2) is 5.10. The highest BCUT2D eigenvalue weighted by atomic mass is 16.7. The van der Waals surface area contributed by atoms with Crippen LogP contribution in [0.15, 0.2) is 0 Å². The first-order valence-electron chi connectivity index (χ1n) is 6.98. The topological polar surface area (TPSA) is 44.8 Å². The van der Waals surface area contributed by atoms with Crippen molar-refractivity contribution < 1.29 is 18.8 Å². The van der Waals surface area contributed by atoms with Crippen LogP contribution in [-0.2, 0) is 18.8 Å². The number of esters is 1. The van der Waals surface area contributed by atoms with Crippen LogP contribution in [0.4, 0.5) is 0 Å². The molecule has 1 heterocycles. The molecule has 1 fully saturated rings. The van der Waals surface area contributed by atoms with E-state index in [1.807, 2.05) is 55.4 Å². The molecular formula is C14H27BO4. The van der Waals surface area contributed by atoms with Crippen molar-refractivity contribution in [3.8, 4) is 0 Å². The Labute approximate surface area is 117 Å². The minimum atomic E-state index is -0.447. The first kappa shape index (κ1) is 16.5. The molecule has 1 unspecified atom stereocenters. The number of ether oxygens (including phenoxy) is 1. The number of carbonyl (C=O) groups excluding carboxylic acids is 1. The molecule has 0 aliphatic carbocycles. The van der Waals surface area contributed by atoms with Gasteiger partial charge >= 0.3 is 13.1 Å². The molecule has 0 N–H and O–H groups in total. The van der Waals surface area contributed by atoms with Crippen molar-refractivity contribution in [2.24, 2.45) is 5.92 Å². The predicted octanol–water partition coefficient (Wildman–Crippen LogP) is 3.06. The summed E-state index contributed by atoms with van der Waals surface area (Å²) in [6, 6.07) is 0. The second-order valence-electron chi connectivity index (χ2n) is 6.88. The fourth-order valence-corrected chi connectivity index (χ4v) is 1.92. The van der Waals surface area contributed by atoms with E-state index in [9.17, 15) is 4.79 Å². The molecular weight excluding hydrogens is 243 g/mol. The van der Waals surface area contributed by atoms with E-state index >= 15 is 0 Å². The van der Waals surface area contributed by atoms with E-state index in [1.165, 1.54) is 0 Å². The molecule has 19 heavy (non-hydrogen) atoms. The zero-order chi connectivity index (χ0) is 15.1. The van der Waals surface area contributed by atoms with E-state index in [4.69, 9.17) is 14.0 Å². The molecule has 0 radical (unpaired) electrons. The zero-order valence-electron chi connectivity index (χ0n) is 13.5. The molecule has 0 bridgehead atoms. The minimum Gasteiger partial charge on any atom is -0.466 e. The van der Waals surface area contributed by atoms with Crippen LogP contribution in [0.25, 0.3) is 0 Å². The quantitative estimate of drug-likeness (QED) is 0.581. The first-order chi connectivity index (χ1) is 8.45. The lowest BCUT2D eigenvalue weighted by atomic mass is 9.54. The molecule has 1 aliphatic heterocycles. The smallest absolute Gasteiger partial charge is 0.464 e. The van der Waals surface area contributed by atoms with Gasteiger partial charge in [0.1, 0.15) is 0 Å². The van der Waals surface area contributed by atoms with Crippen molar-refractivity contribution in [3.05, 3.63) is 0 Å². The van der Waals surface area contributed by atoms with Crippen molar-refractivity contribution in [2.45, 2.75) is 71.9 Å². The Kier molecular flexibility index (Phi) is 4.43. The van der Waals surface area contributed by atoms with Gasteiger partial charge in [0.05, 0.1) is 23.7 Å². The maximum Gasteiger partial charge on any atom is 0.464 e. The average molecular weight is 270 g/mol.